The van der Waals surface area contributed by atoms with Crippen LogP contribution in [0.25, 0.3) is 11.0 Å². The van der Waals surface area contributed by atoms with E-state index in [0.717, 1.165) is 12.3 Å². The lowest BCUT2D eigenvalue weighted by atomic mass is 10.1. The average molecular weight is 292 g/mol. The Hall–Kier alpha value is -2.70. The van der Waals surface area contributed by atoms with Crippen molar-refractivity contribution in [2.45, 2.75) is 20.0 Å². The lowest BCUT2D eigenvalue weighted by Crippen LogP contribution is -2.41. The average Bonchev–Trinajstić information content (AvgIpc) is 2.38. The molecule has 0 atom stereocenters. The molecule has 0 saturated heterocycles. The number of halogens is 1. The summed E-state index contributed by atoms with van der Waals surface area (Å²) in [6, 6.07) is 3.55. The van der Waals surface area contributed by atoms with Crippen LogP contribution in [0.1, 0.15) is 25.6 Å². The summed E-state index contributed by atoms with van der Waals surface area (Å²) in [6.45, 7) is 2.49. The minimum absolute atomic E-state index is 0.0125. The summed E-state index contributed by atoms with van der Waals surface area (Å²) in [5.74, 6) is -1.46. The molecule has 110 valence electrons. The molecule has 1 aromatic carbocycles. The Balaban J connectivity index is 2.57. The maximum absolute atomic E-state index is 13.2. The molecule has 0 aliphatic rings. The van der Waals surface area contributed by atoms with Crippen molar-refractivity contribution in [1.82, 2.24) is 10.6 Å². The minimum atomic E-state index is -1.04. The highest BCUT2D eigenvalue weighted by atomic mass is 19.1. The van der Waals surface area contributed by atoms with Crippen LogP contribution in [0.4, 0.5) is 4.39 Å². The van der Waals surface area contributed by atoms with E-state index in [1.807, 2.05) is 0 Å². The van der Waals surface area contributed by atoms with Crippen molar-refractivity contribution in [3.8, 4) is 0 Å². The quantitative estimate of drug-likeness (QED) is 0.832. The number of nitrogens with one attached hydrogen (secondary N) is 2. The third-order valence-corrected chi connectivity index (χ3v) is 2.77. The highest BCUT2D eigenvalue weighted by Gasteiger charge is 2.19. The molecule has 0 fully saturated rings. The normalized spacial score (nSPS) is 10.7. The summed E-state index contributed by atoms with van der Waals surface area (Å²) in [4.78, 5) is 34.7. The Labute approximate surface area is 118 Å². The molecule has 2 amide bonds. The van der Waals surface area contributed by atoms with Gasteiger partial charge in [-0.15, -0.1) is 0 Å². The highest BCUT2D eigenvalue weighted by molar-refractivity contribution is 5.79. The molecule has 2 aromatic rings. The second-order valence-corrected chi connectivity index (χ2v) is 4.49. The number of benzene rings is 1. The molecule has 0 bridgehead atoms. The predicted molar refractivity (Wildman–Crippen MR) is 72.8 cm³/mol. The fraction of sp³-hybridized carbons (Fsp3) is 0.214. The fourth-order valence-corrected chi connectivity index (χ4v) is 1.92. The summed E-state index contributed by atoms with van der Waals surface area (Å²) in [7, 11) is 0. The number of fused-ring (bicyclic) bond motifs is 1. The van der Waals surface area contributed by atoms with Crippen LogP contribution in [0.2, 0.25) is 0 Å². The largest absolute Gasteiger partial charge is 0.464 e. The molecule has 2 N–H and O–H groups in total. The van der Waals surface area contributed by atoms with Gasteiger partial charge in [0.25, 0.3) is 0 Å². The Bertz CT molecular complexity index is 753. The van der Waals surface area contributed by atoms with Gasteiger partial charge in [0.05, 0.1) is 10.9 Å². The molecule has 21 heavy (non-hydrogen) atoms. The van der Waals surface area contributed by atoms with Crippen LogP contribution in [-0.2, 0) is 9.59 Å². The Kier molecular flexibility index (Phi) is 4.02. The number of carbonyl (C=O) groups excluding carboxylic acids is 2. The van der Waals surface area contributed by atoms with Gasteiger partial charge in [0, 0.05) is 13.8 Å². The van der Waals surface area contributed by atoms with E-state index in [-0.39, 0.29) is 16.5 Å². The first-order chi connectivity index (χ1) is 9.88. The Morgan fingerprint density at radius 2 is 1.81 bits per heavy atom. The molecular formula is C14H13FN2O4. The zero-order valence-electron chi connectivity index (χ0n) is 11.4. The van der Waals surface area contributed by atoms with E-state index in [2.05, 4.69) is 10.6 Å². The van der Waals surface area contributed by atoms with Crippen LogP contribution >= 0.6 is 0 Å². The number of hydrogen-bond acceptors (Lipinski definition) is 4. The van der Waals surface area contributed by atoms with Crippen LogP contribution < -0.4 is 16.1 Å². The molecule has 0 aliphatic carbocycles. The number of carbonyl (C=O) groups is 2. The molecule has 0 unspecified atom stereocenters. The second kappa shape index (κ2) is 5.74. The SMILES string of the molecule is CC(=O)NC(NC(C)=O)c1coc2ccc(F)cc2c1=O. The van der Waals surface area contributed by atoms with Crippen molar-refractivity contribution in [3.63, 3.8) is 0 Å². The van der Waals surface area contributed by atoms with E-state index in [0.29, 0.717) is 0 Å². The van der Waals surface area contributed by atoms with Crippen LogP contribution in [0, 0.1) is 5.82 Å². The first-order valence-corrected chi connectivity index (χ1v) is 6.13. The number of rotatable bonds is 3. The van der Waals surface area contributed by atoms with Crippen molar-refractivity contribution >= 4 is 22.8 Å². The number of amides is 2. The first kappa shape index (κ1) is 14.7. The zero-order valence-corrected chi connectivity index (χ0v) is 11.4. The van der Waals surface area contributed by atoms with E-state index < -0.39 is 29.2 Å². The molecule has 0 saturated carbocycles. The van der Waals surface area contributed by atoms with Crippen molar-refractivity contribution < 1.29 is 18.4 Å². The van der Waals surface area contributed by atoms with Gasteiger partial charge < -0.3 is 15.1 Å². The molecule has 0 spiro atoms. The van der Waals surface area contributed by atoms with Crippen LogP contribution in [0.15, 0.2) is 33.7 Å². The topological polar surface area (TPSA) is 88.4 Å². The van der Waals surface area contributed by atoms with Crippen molar-refractivity contribution in [2.24, 2.45) is 0 Å². The summed E-state index contributed by atoms with van der Waals surface area (Å²) in [5.41, 5.74) is -0.295. The highest BCUT2D eigenvalue weighted by Crippen LogP contribution is 2.15. The summed E-state index contributed by atoms with van der Waals surface area (Å²) in [5, 5.41) is 4.88. The Morgan fingerprint density at radius 1 is 1.19 bits per heavy atom. The molecule has 7 heteroatoms. The summed E-state index contributed by atoms with van der Waals surface area (Å²) >= 11 is 0. The van der Waals surface area contributed by atoms with Crippen LogP contribution in [0.5, 0.6) is 0 Å². The van der Waals surface area contributed by atoms with E-state index >= 15 is 0 Å². The van der Waals surface area contributed by atoms with E-state index in [4.69, 9.17) is 4.42 Å². The fourth-order valence-electron chi connectivity index (χ4n) is 1.92. The number of hydrogen-bond donors (Lipinski definition) is 2. The van der Waals surface area contributed by atoms with Crippen molar-refractivity contribution in [1.29, 1.82) is 0 Å². The van der Waals surface area contributed by atoms with Gasteiger partial charge in [0.2, 0.25) is 11.8 Å². The summed E-state index contributed by atoms with van der Waals surface area (Å²) in [6.07, 6.45) is 0.1000. The van der Waals surface area contributed by atoms with Gasteiger partial charge in [-0.25, -0.2) is 4.39 Å². The third kappa shape index (κ3) is 3.25. The Morgan fingerprint density at radius 3 is 2.38 bits per heavy atom. The molecular weight excluding hydrogens is 279 g/mol. The second-order valence-electron chi connectivity index (χ2n) is 4.49. The van der Waals surface area contributed by atoms with E-state index in [9.17, 15) is 18.8 Å². The van der Waals surface area contributed by atoms with Gasteiger partial charge in [-0.1, -0.05) is 0 Å². The molecule has 0 aliphatic heterocycles. The monoisotopic (exact) mass is 292 g/mol. The van der Waals surface area contributed by atoms with Gasteiger partial charge in [0.1, 0.15) is 23.8 Å². The molecule has 2 rings (SSSR count). The van der Waals surface area contributed by atoms with Crippen LogP contribution in [-0.4, -0.2) is 11.8 Å². The smallest absolute Gasteiger partial charge is 0.218 e. The first-order valence-electron chi connectivity index (χ1n) is 6.13. The lowest BCUT2D eigenvalue weighted by Gasteiger charge is -2.18. The molecule has 0 radical (unpaired) electrons. The van der Waals surface area contributed by atoms with Gasteiger partial charge in [-0.05, 0) is 18.2 Å². The van der Waals surface area contributed by atoms with Crippen LogP contribution in [0.3, 0.4) is 0 Å². The summed E-state index contributed by atoms with van der Waals surface area (Å²) < 4.78 is 18.5. The zero-order chi connectivity index (χ0) is 15.6. The predicted octanol–water partition coefficient (Wildman–Crippen LogP) is 1.20. The van der Waals surface area contributed by atoms with Gasteiger partial charge >= 0.3 is 0 Å². The molecule has 6 nitrogen and oxygen atoms in total. The van der Waals surface area contributed by atoms with E-state index in [1.165, 1.54) is 26.0 Å². The van der Waals surface area contributed by atoms with E-state index in [1.54, 1.807) is 0 Å². The van der Waals surface area contributed by atoms with Gasteiger partial charge in [-0.2, -0.15) is 0 Å². The van der Waals surface area contributed by atoms with Crippen molar-refractivity contribution in [2.75, 3.05) is 0 Å². The molecule has 1 heterocycles. The lowest BCUT2D eigenvalue weighted by molar-refractivity contribution is -0.122. The molecule has 1 aromatic heterocycles. The maximum atomic E-state index is 13.2. The third-order valence-electron chi connectivity index (χ3n) is 2.77. The standard InChI is InChI=1S/C14H13FN2O4/c1-7(18)16-14(17-8(2)19)11-6-21-12-4-3-9(15)5-10(12)13(11)20/h3-6,14H,1-2H3,(H,16,18)(H,17,19). The van der Waals surface area contributed by atoms with Gasteiger partial charge in [0.15, 0.2) is 5.43 Å². The van der Waals surface area contributed by atoms with Gasteiger partial charge in [-0.3, -0.25) is 14.4 Å². The maximum Gasteiger partial charge on any atom is 0.218 e. The van der Waals surface area contributed by atoms with Crippen molar-refractivity contribution in [3.05, 3.63) is 46.1 Å². The minimum Gasteiger partial charge on any atom is -0.464 e.